The molecule has 0 fully saturated rings. The topological polar surface area (TPSA) is 47.3 Å². The smallest absolute Gasteiger partial charge is 0.130 e. The van der Waals surface area contributed by atoms with Crippen LogP contribution in [0.4, 0.5) is 0 Å². The monoisotopic (exact) mass is 232 g/mol. The number of hydrogen-bond donors (Lipinski definition) is 1. The summed E-state index contributed by atoms with van der Waals surface area (Å²) in [6.07, 6.45) is 0. The Morgan fingerprint density at radius 3 is 2.76 bits per heavy atom. The van der Waals surface area contributed by atoms with Gasteiger partial charge in [-0.2, -0.15) is 5.10 Å². The zero-order chi connectivity index (χ0) is 12.4. The first-order valence-electron chi connectivity index (χ1n) is 5.49. The van der Waals surface area contributed by atoms with E-state index in [4.69, 9.17) is 4.74 Å². The zero-order valence-corrected chi connectivity index (χ0v) is 10.3. The Bertz CT molecular complexity index is 532. The standard InChI is InChI=1S/C13H16N2O2/c1-9-7-11(15(3)14-9)8-17-13-6-4-5-12(16)10(13)2/h4-7,16H,8H2,1-3H3. The molecule has 0 saturated heterocycles. The number of phenolic OH excluding ortho intramolecular Hbond substituents is 1. The lowest BCUT2D eigenvalue weighted by Gasteiger charge is -2.09. The van der Waals surface area contributed by atoms with Crippen LogP contribution >= 0.6 is 0 Å². The summed E-state index contributed by atoms with van der Waals surface area (Å²) in [7, 11) is 1.89. The van der Waals surface area contributed by atoms with Crippen LogP contribution in [0.2, 0.25) is 0 Å². The maximum atomic E-state index is 9.56. The highest BCUT2D eigenvalue weighted by Gasteiger charge is 2.06. The number of ether oxygens (including phenoxy) is 1. The Balaban J connectivity index is 2.12. The van der Waals surface area contributed by atoms with E-state index in [0.717, 1.165) is 17.0 Å². The molecule has 0 saturated carbocycles. The van der Waals surface area contributed by atoms with Crippen LogP contribution in [0.1, 0.15) is 17.0 Å². The molecule has 0 radical (unpaired) electrons. The molecule has 4 heteroatoms. The fourth-order valence-corrected chi connectivity index (χ4v) is 1.71. The summed E-state index contributed by atoms with van der Waals surface area (Å²) in [6.45, 7) is 4.23. The van der Waals surface area contributed by atoms with E-state index < -0.39 is 0 Å². The number of rotatable bonds is 3. The molecule has 1 heterocycles. The Kier molecular flexibility index (Phi) is 3.04. The first-order valence-corrected chi connectivity index (χ1v) is 5.49. The maximum absolute atomic E-state index is 9.56. The first kappa shape index (κ1) is 11.5. The second-order valence-corrected chi connectivity index (χ2v) is 4.09. The molecule has 1 N–H and O–H groups in total. The van der Waals surface area contributed by atoms with Crippen LogP contribution in [0.3, 0.4) is 0 Å². The molecule has 0 bridgehead atoms. The molecule has 2 rings (SSSR count). The van der Waals surface area contributed by atoms with Gasteiger partial charge in [0.2, 0.25) is 0 Å². The number of benzene rings is 1. The van der Waals surface area contributed by atoms with Gasteiger partial charge in [0, 0.05) is 12.6 Å². The average Bonchev–Trinajstić information content (AvgIpc) is 2.60. The van der Waals surface area contributed by atoms with Gasteiger partial charge < -0.3 is 9.84 Å². The van der Waals surface area contributed by atoms with E-state index in [0.29, 0.717) is 12.4 Å². The number of hydrogen-bond acceptors (Lipinski definition) is 3. The lowest BCUT2D eigenvalue weighted by atomic mass is 10.2. The number of aromatic hydroxyl groups is 1. The van der Waals surface area contributed by atoms with E-state index in [9.17, 15) is 5.11 Å². The van der Waals surface area contributed by atoms with Crippen LogP contribution in [0.15, 0.2) is 24.3 Å². The minimum absolute atomic E-state index is 0.253. The normalized spacial score (nSPS) is 10.5. The number of nitrogens with zero attached hydrogens (tertiary/aromatic N) is 2. The van der Waals surface area contributed by atoms with E-state index >= 15 is 0 Å². The molecule has 0 spiro atoms. The summed E-state index contributed by atoms with van der Waals surface area (Å²) in [5, 5.41) is 13.8. The van der Waals surface area contributed by atoms with Crippen LogP contribution < -0.4 is 4.74 Å². The minimum Gasteiger partial charge on any atom is -0.508 e. The summed E-state index contributed by atoms with van der Waals surface area (Å²) in [5.41, 5.74) is 2.73. The first-order chi connectivity index (χ1) is 8.08. The molecule has 0 atom stereocenters. The fraction of sp³-hybridized carbons (Fsp3) is 0.308. The van der Waals surface area contributed by atoms with Crippen LogP contribution in [0, 0.1) is 13.8 Å². The molecule has 0 aliphatic rings. The second kappa shape index (κ2) is 4.49. The van der Waals surface area contributed by atoms with Crippen molar-refractivity contribution in [2.75, 3.05) is 0 Å². The number of phenols is 1. The Morgan fingerprint density at radius 1 is 1.35 bits per heavy atom. The van der Waals surface area contributed by atoms with Gasteiger partial charge in [0.05, 0.1) is 11.4 Å². The van der Waals surface area contributed by atoms with E-state index in [1.807, 2.05) is 33.0 Å². The average molecular weight is 232 g/mol. The third-order valence-electron chi connectivity index (χ3n) is 2.73. The van der Waals surface area contributed by atoms with Crippen LogP contribution in [0.5, 0.6) is 11.5 Å². The van der Waals surface area contributed by atoms with Gasteiger partial charge >= 0.3 is 0 Å². The number of aryl methyl sites for hydroxylation is 2. The van der Waals surface area contributed by atoms with Crippen molar-refractivity contribution in [2.24, 2.45) is 7.05 Å². The van der Waals surface area contributed by atoms with E-state index in [1.54, 1.807) is 16.8 Å². The van der Waals surface area contributed by atoms with Gasteiger partial charge in [0.1, 0.15) is 18.1 Å². The quantitative estimate of drug-likeness (QED) is 0.883. The van der Waals surface area contributed by atoms with Crippen molar-refractivity contribution >= 4 is 0 Å². The third-order valence-corrected chi connectivity index (χ3v) is 2.73. The summed E-state index contributed by atoms with van der Waals surface area (Å²) >= 11 is 0. The highest BCUT2D eigenvalue weighted by Crippen LogP contribution is 2.26. The second-order valence-electron chi connectivity index (χ2n) is 4.09. The van der Waals surface area contributed by atoms with Crippen LogP contribution in [0.25, 0.3) is 0 Å². The molecule has 4 nitrogen and oxygen atoms in total. The molecule has 0 aliphatic heterocycles. The Labute approximate surface area is 100 Å². The molecule has 1 aromatic carbocycles. The van der Waals surface area contributed by atoms with Crippen molar-refractivity contribution in [3.05, 3.63) is 41.2 Å². The summed E-state index contributed by atoms with van der Waals surface area (Å²) in [4.78, 5) is 0. The van der Waals surface area contributed by atoms with Gasteiger partial charge in [-0.1, -0.05) is 6.07 Å². The predicted molar refractivity (Wildman–Crippen MR) is 65.1 cm³/mol. The Morgan fingerprint density at radius 2 is 2.12 bits per heavy atom. The zero-order valence-electron chi connectivity index (χ0n) is 10.3. The molecule has 0 unspecified atom stereocenters. The summed E-state index contributed by atoms with van der Waals surface area (Å²) in [5.74, 6) is 0.951. The van der Waals surface area contributed by atoms with Crippen molar-refractivity contribution in [3.63, 3.8) is 0 Å². The predicted octanol–water partition coefficient (Wildman–Crippen LogP) is 2.32. The van der Waals surface area contributed by atoms with Crippen molar-refractivity contribution in [1.29, 1.82) is 0 Å². The van der Waals surface area contributed by atoms with Gasteiger partial charge in [0.25, 0.3) is 0 Å². The van der Waals surface area contributed by atoms with Crippen LogP contribution in [-0.4, -0.2) is 14.9 Å². The van der Waals surface area contributed by atoms with Gasteiger partial charge in [-0.05, 0) is 32.0 Å². The lowest BCUT2D eigenvalue weighted by molar-refractivity contribution is 0.291. The maximum Gasteiger partial charge on any atom is 0.130 e. The summed E-state index contributed by atoms with van der Waals surface area (Å²) in [6, 6.07) is 7.25. The van der Waals surface area contributed by atoms with E-state index in [1.165, 1.54) is 0 Å². The van der Waals surface area contributed by atoms with E-state index in [-0.39, 0.29) is 5.75 Å². The lowest BCUT2D eigenvalue weighted by Crippen LogP contribution is -2.03. The van der Waals surface area contributed by atoms with Crippen LogP contribution in [-0.2, 0) is 13.7 Å². The van der Waals surface area contributed by atoms with Crippen molar-refractivity contribution in [2.45, 2.75) is 20.5 Å². The third kappa shape index (κ3) is 2.41. The van der Waals surface area contributed by atoms with Crippen molar-refractivity contribution in [1.82, 2.24) is 9.78 Å². The molecule has 1 aromatic heterocycles. The molecule has 17 heavy (non-hydrogen) atoms. The van der Waals surface area contributed by atoms with Gasteiger partial charge in [0.15, 0.2) is 0 Å². The molecule has 0 aliphatic carbocycles. The van der Waals surface area contributed by atoms with Crippen molar-refractivity contribution < 1.29 is 9.84 Å². The Hall–Kier alpha value is -1.97. The van der Waals surface area contributed by atoms with Crippen molar-refractivity contribution in [3.8, 4) is 11.5 Å². The summed E-state index contributed by atoms with van der Waals surface area (Å²) < 4.78 is 7.48. The molecule has 2 aromatic rings. The molecular formula is C13H16N2O2. The SMILES string of the molecule is Cc1cc(COc2cccc(O)c2C)n(C)n1. The molecule has 90 valence electrons. The molecule has 0 amide bonds. The molecular weight excluding hydrogens is 216 g/mol. The fourth-order valence-electron chi connectivity index (χ4n) is 1.71. The van der Waals surface area contributed by atoms with E-state index in [2.05, 4.69) is 5.10 Å². The highest BCUT2D eigenvalue weighted by atomic mass is 16.5. The van der Waals surface area contributed by atoms with Gasteiger partial charge in [-0.25, -0.2) is 0 Å². The minimum atomic E-state index is 0.253. The van der Waals surface area contributed by atoms with Gasteiger partial charge in [-0.15, -0.1) is 0 Å². The van der Waals surface area contributed by atoms with Gasteiger partial charge in [-0.3, -0.25) is 4.68 Å². The highest BCUT2D eigenvalue weighted by molar-refractivity contribution is 5.42. The largest absolute Gasteiger partial charge is 0.508 e. The number of aromatic nitrogens is 2.